The van der Waals surface area contributed by atoms with Gasteiger partial charge in [-0.05, 0) is 46.1 Å². The van der Waals surface area contributed by atoms with Gasteiger partial charge in [-0.25, -0.2) is 0 Å². The Kier molecular flexibility index (Phi) is 9.90. The first-order chi connectivity index (χ1) is 12.4. The molecular formula is C20H33IN4O2. The first-order valence-corrected chi connectivity index (χ1v) is 9.38. The monoisotopic (exact) mass is 488 g/mol. The Morgan fingerprint density at radius 2 is 1.93 bits per heavy atom. The van der Waals surface area contributed by atoms with E-state index in [-0.39, 0.29) is 35.5 Å². The minimum Gasteiger partial charge on any atom is -0.488 e. The zero-order valence-electron chi connectivity index (χ0n) is 16.8. The Morgan fingerprint density at radius 1 is 1.22 bits per heavy atom. The number of nitrogens with one attached hydrogen (secondary N) is 3. The summed E-state index contributed by atoms with van der Waals surface area (Å²) in [5.41, 5.74) is 0.839. The van der Waals surface area contributed by atoms with Gasteiger partial charge in [0.05, 0.1) is 0 Å². The first kappa shape index (κ1) is 23.5. The summed E-state index contributed by atoms with van der Waals surface area (Å²) < 4.78 is 6.02. The van der Waals surface area contributed by atoms with Crippen molar-refractivity contribution in [2.24, 2.45) is 4.99 Å². The normalized spacial score (nSPS) is 14.1. The molecule has 0 spiro atoms. The van der Waals surface area contributed by atoms with E-state index in [4.69, 9.17) is 4.74 Å². The fourth-order valence-corrected chi connectivity index (χ4v) is 2.46. The Bertz CT molecular complexity index is 625. The molecule has 2 rings (SSSR count). The molecular weight excluding hydrogens is 455 g/mol. The van der Waals surface area contributed by atoms with Crippen molar-refractivity contribution in [2.75, 3.05) is 13.6 Å². The molecule has 6 nitrogen and oxygen atoms in total. The Balaban J connectivity index is 0.00000364. The molecule has 27 heavy (non-hydrogen) atoms. The second-order valence-electron chi connectivity index (χ2n) is 7.62. The highest BCUT2D eigenvalue weighted by Gasteiger charge is 2.22. The van der Waals surface area contributed by atoms with Crippen molar-refractivity contribution >= 4 is 35.8 Å². The van der Waals surface area contributed by atoms with Crippen molar-refractivity contribution in [1.82, 2.24) is 16.0 Å². The van der Waals surface area contributed by atoms with E-state index in [0.717, 1.165) is 36.5 Å². The second kappa shape index (κ2) is 11.4. The van der Waals surface area contributed by atoms with E-state index < -0.39 is 0 Å². The van der Waals surface area contributed by atoms with Crippen LogP contribution in [-0.4, -0.2) is 37.1 Å². The van der Waals surface area contributed by atoms with Crippen LogP contribution < -0.4 is 20.7 Å². The molecule has 0 bridgehead atoms. The predicted octanol–water partition coefficient (Wildman–Crippen LogP) is 3.21. The summed E-state index contributed by atoms with van der Waals surface area (Å²) in [6, 6.07) is 8.44. The van der Waals surface area contributed by atoms with Crippen molar-refractivity contribution in [3.63, 3.8) is 0 Å². The summed E-state index contributed by atoms with van der Waals surface area (Å²) in [5, 5.41) is 9.55. The number of para-hydroxylation sites is 1. The molecule has 152 valence electrons. The minimum absolute atomic E-state index is 0. The summed E-state index contributed by atoms with van der Waals surface area (Å²) in [6.07, 6.45) is 3.58. The third-order valence-electron chi connectivity index (χ3n) is 3.87. The van der Waals surface area contributed by atoms with E-state index in [0.29, 0.717) is 25.6 Å². The molecule has 1 saturated carbocycles. The van der Waals surface area contributed by atoms with Crippen molar-refractivity contribution in [1.29, 1.82) is 0 Å². The second-order valence-corrected chi connectivity index (χ2v) is 7.62. The molecule has 1 aromatic carbocycles. The van der Waals surface area contributed by atoms with Crippen LogP contribution in [0.3, 0.4) is 0 Å². The largest absolute Gasteiger partial charge is 0.488 e. The highest BCUT2D eigenvalue weighted by atomic mass is 127. The lowest BCUT2D eigenvalue weighted by Crippen LogP contribution is -2.38. The van der Waals surface area contributed by atoms with E-state index in [9.17, 15) is 4.79 Å². The molecule has 0 atom stereocenters. The third-order valence-corrected chi connectivity index (χ3v) is 3.87. The molecule has 1 aliphatic carbocycles. The summed E-state index contributed by atoms with van der Waals surface area (Å²) in [4.78, 5) is 15.9. The van der Waals surface area contributed by atoms with Crippen LogP contribution in [0.1, 0.15) is 52.0 Å². The Hall–Kier alpha value is -1.51. The van der Waals surface area contributed by atoms with Crippen LogP contribution in [0.4, 0.5) is 0 Å². The van der Waals surface area contributed by atoms with Gasteiger partial charge in [0.25, 0.3) is 0 Å². The van der Waals surface area contributed by atoms with Gasteiger partial charge in [-0.2, -0.15) is 0 Å². The van der Waals surface area contributed by atoms with Gasteiger partial charge in [0.1, 0.15) is 11.4 Å². The number of halogens is 1. The average molecular weight is 488 g/mol. The Labute approximate surface area is 179 Å². The lowest BCUT2D eigenvalue weighted by Gasteiger charge is -2.23. The Morgan fingerprint density at radius 3 is 2.56 bits per heavy atom. The van der Waals surface area contributed by atoms with Crippen LogP contribution in [0.2, 0.25) is 0 Å². The van der Waals surface area contributed by atoms with E-state index in [1.165, 1.54) is 0 Å². The molecule has 0 heterocycles. The molecule has 0 unspecified atom stereocenters. The van der Waals surface area contributed by atoms with E-state index in [1.54, 1.807) is 7.05 Å². The van der Waals surface area contributed by atoms with Gasteiger partial charge in [-0.3, -0.25) is 9.79 Å². The van der Waals surface area contributed by atoms with Gasteiger partial charge in [0.15, 0.2) is 5.96 Å². The lowest BCUT2D eigenvalue weighted by atomic mass is 10.1. The van der Waals surface area contributed by atoms with Gasteiger partial charge < -0.3 is 20.7 Å². The van der Waals surface area contributed by atoms with E-state index in [1.807, 2.05) is 45.0 Å². The van der Waals surface area contributed by atoms with Crippen molar-refractivity contribution < 1.29 is 9.53 Å². The fourth-order valence-electron chi connectivity index (χ4n) is 2.46. The molecule has 0 aliphatic heterocycles. The number of guanidine groups is 1. The molecule has 1 amide bonds. The summed E-state index contributed by atoms with van der Waals surface area (Å²) in [5.74, 6) is 1.74. The van der Waals surface area contributed by atoms with Crippen LogP contribution in [-0.2, 0) is 11.3 Å². The zero-order chi connectivity index (χ0) is 19.0. The molecule has 7 heteroatoms. The van der Waals surface area contributed by atoms with Gasteiger partial charge >= 0.3 is 0 Å². The summed E-state index contributed by atoms with van der Waals surface area (Å²) in [7, 11) is 1.74. The molecule has 1 aromatic rings. The van der Waals surface area contributed by atoms with Gasteiger partial charge in [0, 0.05) is 38.2 Å². The number of nitrogens with zero attached hydrogens (tertiary/aromatic N) is 1. The summed E-state index contributed by atoms with van der Waals surface area (Å²) in [6.45, 7) is 7.44. The number of benzene rings is 1. The summed E-state index contributed by atoms with van der Waals surface area (Å²) >= 11 is 0. The standard InChI is InChI=1S/C20H32N4O2.HI/c1-20(2,3)26-17-9-6-5-8-15(17)14-23-19(21-4)22-13-7-10-18(25)24-16-11-12-16;/h5-6,8-9,16H,7,10-14H2,1-4H3,(H,24,25)(H2,21,22,23);1H. The maximum absolute atomic E-state index is 11.7. The average Bonchev–Trinajstić information content (AvgIpc) is 3.38. The highest BCUT2D eigenvalue weighted by Crippen LogP contribution is 2.22. The van der Waals surface area contributed by atoms with Crippen LogP contribution in [0.25, 0.3) is 0 Å². The SMILES string of the molecule is CN=C(NCCCC(=O)NC1CC1)NCc1ccccc1OC(C)(C)C.I. The van der Waals surface area contributed by atoms with Gasteiger partial charge in [-0.1, -0.05) is 18.2 Å². The number of carbonyl (C=O) groups is 1. The number of aliphatic imine (C=N–C) groups is 1. The first-order valence-electron chi connectivity index (χ1n) is 9.38. The molecule has 1 aliphatic rings. The number of amides is 1. The van der Waals surface area contributed by atoms with Crippen LogP contribution in [0.15, 0.2) is 29.3 Å². The smallest absolute Gasteiger partial charge is 0.220 e. The van der Waals surface area contributed by atoms with Crippen molar-refractivity contribution in [3.05, 3.63) is 29.8 Å². The maximum Gasteiger partial charge on any atom is 0.220 e. The van der Waals surface area contributed by atoms with E-state index >= 15 is 0 Å². The molecule has 3 N–H and O–H groups in total. The fraction of sp³-hybridized carbons (Fsp3) is 0.600. The van der Waals surface area contributed by atoms with E-state index in [2.05, 4.69) is 20.9 Å². The van der Waals surface area contributed by atoms with Gasteiger partial charge in [-0.15, -0.1) is 24.0 Å². The number of hydrogen-bond donors (Lipinski definition) is 3. The predicted molar refractivity (Wildman–Crippen MR) is 121 cm³/mol. The van der Waals surface area contributed by atoms with Crippen LogP contribution in [0, 0.1) is 0 Å². The number of hydrogen-bond acceptors (Lipinski definition) is 3. The van der Waals surface area contributed by atoms with Crippen LogP contribution >= 0.6 is 24.0 Å². The van der Waals surface area contributed by atoms with Crippen LogP contribution in [0.5, 0.6) is 5.75 Å². The zero-order valence-corrected chi connectivity index (χ0v) is 19.1. The van der Waals surface area contributed by atoms with Crippen molar-refractivity contribution in [3.8, 4) is 5.75 Å². The molecule has 0 saturated heterocycles. The number of carbonyl (C=O) groups excluding carboxylic acids is 1. The molecule has 0 radical (unpaired) electrons. The molecule has 1 fully saturated rings. The highest BCUT2D eigenvalue weighted by molar-refractivity contribution is 14.0. The van der Waals surface area contributed by atoms with Crippen molar-refractivity contribution in [2.45, 2.75) is 64.6 Å². The minimum atomic E-state index is -0.239. The topological polar surface area (TPSA) is 74.8 Å². The quantitative estimate of drug-likeness (QED) is 0.228. The van der Waals surface area contributed by atoms with Gasteiger partial charge in [0.2, 0.25) is 5.91 Å². The number of ether oxygens (including phenoxy) is 1. The number of rotatable bonds is 8. The lowest BCUT2D eigenvalue weighted by molar-refractivity contribution is -0.121. The maximum atomic E-state index is 11.7. The molecule has 0 aromatic heterocycles. The third kappa shape index (κ3) is 9.83.